The van der Waals surface area contributed by atoms with E-state index in [0.29, 0.717) is 42.1 Å². The number of benzene rings is 1. The van der Waals surface area contributed by atoms with Crippen LogP contribution < -0.4 is 5.73 Å². The molecule has 20 heavy (non-hydrogen) atoms. The summed E-state index contributed by atoms with van der Waals surface area (Å²) in [5.74, 6) is 0.313. The Balaban J connectivity index is 2.03. The molecule has 0 radical (unpaired) electrons. The Kier molecular flexibility index (Phi) is 3.64. The maximum atomic E-state index is 6.14. The highest BCUT2D eigenvalue weighted by atomic mass is 35.5. The molecule has 0 unspecified atom stereocenters. The maximum Gasteiger partial charge on any atom is 0.172 e. The monoisotopic (exact) mass is 345 g/mol. The molecule has 0 spiro atoms. The van der Waals surface area contributed by atoms with Crippen molar-refractivity contribution in [3.05, 3.63) is 33.5 Å². The minimum atomic E-state index is 0.313. The van der Waals surface area contributed by atoms with Crippen LogP contribution in [0.1, 0.15) is 0 Å². The lowest BCUT2D eigenvalue weighted by Crippen LogP contribution is -1.91. The number of halogens is 3. The maximum absolute atomic E-state index is 6.14. The van der Waals surface area contributed by atoms with Crippen LogP contribution in [0.25, 0.3) is 11.2 Å². The summed E-state index contributed by atoms with van der Waals surface area (Å²) in [6, 6.07) is 3.29. The van der Waals surface area contributed by atoms with E-state index in [1.54, 1.807) is 12.1 Å². The fourth-order valence-corrected chi connectivity index (χ4v) is 3.30. The van der Waals surface area contributed by atoms with Crippen molar-refractivity contribution in [3.63, 3.8) is 0 Å². The molecule has 0 atom stereocenters. The largest absolute Gasteiger partial charge is 0.382 e. The second-order valence-corrected chi connectivity index (χ2v) is 6.05. The first kappa shape index (κ1) is 13.8. The van der Waals surface area contributed by atoms with Gasteiger partial charge in [-0.15, -0.1) is 0 Å². The van der Waals surface area contributed by atoms with Crippen molar-refractivity contribution < 1.29 is 0 Å². The number of aromatic amines is 1. The van der Waals surface area contributed by atoms with Crippen molar-refractivity contribution >= 4 is 63.5 Å². The summed E-state index contributed by atoms with van der Waals surface area (Å²) >= 11 is 19.4. The van der Waals surface area contributed by atoms with E-state index in [4.69, 9.17) is 40.5 Å². The molecule has 3 aromatic rings. The number of aromatic nitrogens is 4. The van der Waals surface area contributed by atoms with Gasteiger partial charge in [0.25, 0.3) is 0 Å². The number of imidazole rings is 1. The third-order valence-corrected chi connectivity index (χ3v) is 4.52. The van der Waals surface area contributed by atoms with Crippen LogP contribution in [0.4, 0.5) is 5.82 Å². The number of nitrogens with two attached hydrogens (primary N) is 1. The Morgan fingerprint density at radius 3 is 2.70 bits per heavy atom. The van der Waals surface area contributed by atoms with Gasteiger partial charge in [0.1, 0.15) is 6.33 Å². The van der Waals surface area contributed by atoms with Crippen LogP contribution in [0.3, 0.4) is 0 Å². The molecular formula is C11H6Cl3N5S. The van der Waals surface area contributed by atoms with Gasteiger partial charge >= 0.3 is 0 Å². The summed E-state index contributed by atoms with van der Waals surface area (Å²) in [6.07, 6.45) is 1.37. The summed E-state index contributed by atoms with van der Waals surface area (Å²) in [5, 5.41) is 1.88. The number of hydrogen-bond acceptors (Lipinski definition) is 5. The SMILES string of the molecule is Nc1ncnc2[nH]c(Sc3cc(Cl)cc(Cl)c3Cl)nc12. The van der Waals surface area contributed by atoms with Crippen molar-refractivity contribution in [2.45, 2.75) is 10.1 Å². The van der Waals surface area contributed by atoms with Crippen molar-refractivity contribution in [1.82, 2.24) is 19.9 Å². The average Bonchev–Trinajstić information content (AvgIpc) is 2.79. The molecule has 1 aromatic carbocycles. The van der Waals surface area contributed by atoms with Gasteiger partial charge in [0, 0.05) is 9.92 Å². The van der Waals surface area contributed by atoms with Crippen LogP contribution in [0, 0.1) is 0 Å². The normalized spacial score (nSPS) is 11.2. The molecule has 9 heteroatoms. The quantitative estimate of drug-likeness (QED) is 0.684. The number of H-pyrrole nitrogens is 1. The molecule has 0 amide bonds. The van der Waals surface area contributed by atoms with Crippen molar-refractivity contribution in [3.8, 4) is 0 Å². The Bertz CT molecular complexity index is 804. The Morgan fingerprint density at radius 2 is 1.95 bits per heavy atom. The summed E-state index contributed by atoms with van der Waals surface area (Å²) in [5.41, 5.74) is 6.80. The van der Waals surface area contributed by atoms with Gasteiger partial charge in [0.05, 0.1) is 10.0 Å². The fourth-order valence-electron chi connectivity index (χ4n) is 1.58. The van der Waals surface area contributed by atoms with Crippen LogP contribution in [0.15, 0.2) is 28.5 Å². The van der Waals surface area contributed by atoms with Gasteiger partial charge in [-0.3, -0.25) is 0 Å². The lowest BCUT2D eigenvalue weighted by Gasteiger charge is -2.04. The van der Waals surface area contributed by atoms with E-state index in [9.17, 15) is 0 Å². The number of fused-ring (bicyclic) bond motifs is 1. The molecule has 3 N–H and O–H groups in total. The van der Waals surface area contributed by atoms with Crippen LogP contribution in [-0.4, -0.2) is 19.9 Å². The predicted molar refractivity (Wildman–Crippen MR) is 81.7 cm³/mol. The number of hydrogen-bond donors (Lipinski definition) is 2. The highest BCUT2D eigenvalue weighted by molar-refractivity contribution is 7.99. The summed E-state index contributed by atoms with van der Waals surface area (Å²) in [7, 11) is 0. The lowest BCUT2D eigenvalue weighted by atomic mass is 10.4. The zero-order valence-corrected chi connectivity index (χ0v) is 12.8. The predicted octanol–water partition coefficient (Wildman–Crippen LogP) is 4.05. The molecule has 0 bridgehead atoms. The Hall–Kier alpha value is -1.21. The van der Waals surface area contributed by atoms with E-state index in [1.807, 2.05) is 0 Å². The fraction of sp³-hybridized carbons (Fsp3) is 0. The van der Waals surface area contributed by atoms with Crippen LogP contribution >= 0.6 is 46.6 Å². The molecule has 3 rings (SSSR count). The zero-order chi connectivity index (χ0) is 14.3. The summed E-state index contributed by atoms with van der Waals surface area (Å²) in [4.78, 5) is 16.0. The van der Waals surface area contributed by atoms with E-state index in [-0.39, 0.29) is 0 Å². The Labute approximate surface area is 132 Å². The number of nitrogens with one attached hydrogen (secondary N) is 1. The van der Waals surface area contributed by atoms with Crippen LogP contribution in [0.5, 0.6) is 0 Å². The van der Waals surface area contributed by atoms with Gasteiger partial charge in [-0.05, 0) is 12.1 Å². The van der Waals surface area contributed by atoms with Crippen molar-refractivity contribution in [1.29, 1.82) is 0 Å². The number of rotatable bonds is 2. The first-order chi connectivity index (χ1) is 9.54. The first-order valence-corrected chi connectivity index (χ1v) is 7.28. The highest BCUT2D eigenvalue weighted by Gasteiger charge is 2.13. The zero-order valence-electron chi connectivity index (χ0n) is 9.69. The molecule has 0 aliphatic carbocycles. The molecular weight excluding hydrogens is 341 g/mol. The third kappa shape index (κ3) is 2.52. The molecule has 0 saturated carbocycles. The van der Waals surface area contributed by atoms with Crippen LogP contribution in [0.2, 0.25) is 15.1 Å². The number of anilines is 1. The second-order valence-electron chi connectivity index (χ2n) is 3.80. The van der Waals surface area contributed by atoms with Gasteiger partial charge in [0.2, 0.25) is 0 Å². The summed E-state index contributed by atoms with van der Waals surface area (Å²) in [6.45, 7) is 0. The van der Waals surface area contributed by atoms with E-state index in [0.717, 1.165) is 0 Å². The molecule has 102 valence electrons. The average molecular weight is 347 g/mol. The number of nitrogens with zero attached hydrogens (tertiary/aromatic N) is 3. The smallest absolute Gasteiger partial charge is 0.172 e. The van der Waals surface area contributed by atoms with Gasteiger partial charge in [0.15, 0.2) is 22.1 Å². The van der Waals surface area contributed by atoms with Crippen molar-refractivity contribution in [2.75, 3.05) is 5.73 Å². The van der Waals surface area contributed by atoms with Gasteiger partial charge in [-0.25, -0.2) is 15.0 Å². The van der Waals surface area contributed by atoms with E-state index >= 15 is 0 Å². The molecule has 2 heterocycles. The van der Waals surface area contributed by atoms with Gasteiger partial charge < -0.3 is 10.7 Å². The van der Waals surface area contributed by atoms with E-state index in [1.165, 1.54) is 18.1 Å². The number of nitrogen functional groups attached to an aromatic ring is 1. The van der Waals surface area contributed by atoms with Gasteiger partial charge in [-0.1, -0.05) is 46.6 Å². The minimum absolute atomic E-state index is 0.313. The highest BCUT2D eigenvalue weighted by Crippen LogP contribution is 2.38. The second kappa shape index (κ2) is 5.29. The summed E-state index contributed by atoms with van der Waals surface area (Å²) < 4.78 is 0. The first-order valence-electron chi connectivity index (χ1n) is 5.33. The van der Waals surface area contributed by atoms with Crippen molar-refractivity contribution in [2.24, 2.45) is 0 Å². The molecule has 0 saturated heterocycles. The van der Waals surface area contributed by atoms with E-state index in [2.05, 4.69) is 19.9 Å². The Morgan fingerprint density at radius 1 is 1.15 bits per heavy atom. The third-order valence-electron chi connectivity index (χ3n) is 2.46. The standard InChI is InChI=1S/C11H6Cl3N5S/c12-4-1-5(13)7(14)6(2-4)20-11-18-8-9(15)16-3-17-10(8)19-11/h1-3H,(H3,15,16,17,18,19). The molecule has 0 fully saturated rings. The molecule has 5 nitrogen and oxygen atoms in total. The minimum Gasteiger partial charge on any atom is -0.382 e. The molecule has 2 aromatic heterocycles. The van der Waals surface area contributed by atoms with Crippen LogP contribution in [-0.2, 0) is 0 Å². The molecule has 0 aliphatic heterocycles. The topological polar surface area (TPSA) is 80.5 Å². The molecule has 0 aliphatic rings. The van der Waals surface area contributed by atoms with Gasteiger partial charge in [-0.2, -0.15) is 0 Å². The van der Waals surface area contributed by atoms with E-state index < -0.39 is 0 Å². The lowest BCUT2D eigenvalue weighted by molar-refractivity contribution is 1.07.